The number of pyridine rings is 1. The molecule has 0 saturated carbocycles. The number of carbonyl (C=O) groups is 1. The van der Waals surface area contributed by atoms with Crippen molar-refractivity contribution in [1.82, 2.24) is 10.3 Å². The number of nitrogens with one attached hydrogen (secondary N) is 1. The molecule has 1 rings (SSSR count). The number of ether oxygens (including phenoxy) is 1. The van der Waals surface area contributed by atoms with Crippen molar-refractivity contribution in [2.75, 3.05) is 19.7 Å². The minimum absolute atomic E-state index is 0.164. The Hall–Kier alpha value is -1.42. The van der Waals surface area contributed by atoms with E-state index in [0.717, 1.165) is 19.4 Å². The number of aryl methyl sites for hydroxylation is 1. The smallest absolute Gasteiger partial charge is 0.319 e. The molecule has 1 heterocycles. The van der Waals surface area contributed by atoms with Gasteiger partial charge in [-0.05, 0) is 44.9 Å². The van der Waals surface area contributed by atoms with Gasteiger partial charge in [-0.15, -0.1) is 0 Å². The number of esters is 1. The summed E-state index contributed by atoms with van der Waals surface area (Å²) in [6.07, 6.45) is 8.93. The second kappa shape index (κ2) is 11.4. The van der Waals surface area contributed by atoms with Gasteiger partial charge in [-0.25, -0.2) is 0 Å². The van der Waals surface area contributed by atoms with E-state index in [-0.39, 0.29) is 5.97 Å². The maximum Gasteiger partial charge on any atom is 0.319 e. The highest BCUT2D eigenvalue weighted by atomic mass is 16.5. The monoisotopic (exact) mass is 278 g/mol. The predicted octanol–water partition coefficient (Wildman–Crippen LogP) is 2.73. The van der Waals surface area contributed by atoms with E-state index in [4.69, 9.17) is 4.74 Å². The van der Waals surface area contributed by atoms with Crippen LogP contribution in [0.15, 0.2) is 24.4 Å². The molecule has 0 radical (unpaired) electrons. The number of rotatable bonds is 11. The lowest BCUT2D eigenvalue weighted by Gasteiger charge is -2.04. The summed E-state index contributed by atoms with van der Waals surface area (Å²) in [6, 6.07) is 6.07. The van der Waals surface area contributed by atoms with E-state index >= 15 is 0 Å². The van der Waals surface area contributed by atoms with Crippen LogP contribution >= 0.6 is 0 Å². The van der Waals surface area contributed by atoms with Crippen LogP contribution in [-0.2, 0) is 16.0 Å². The molecule has 0 atom stereocenters. The molecule has 0 spiro atoms. The SMILES string of the molecule is CCOC(=O)CNCCCCCCCc1ccccn1. The third-order valence-corrected chi connectivity index (χ3v) is 3.09. The number of carbonyl (C=O) groups excluding carboxylic acids is 1. The van der Waals surface area contributed by atoms with E-state index in [2.05, 4.69) is 16.4 Å². The largest absolute Gasteiger partial charge is 0.465 e. The molecule has 1 aromatic heterocycles. The summed E-state index contributed by atoms with van der Waals surface area (Å²) >= 11 is 0. The molecule has 1 N–H and O–H groups in total. The van der Waals surface area contributed by atoms with Gasteiger partial charge in [0.25, 0.3) is 0 Å². The van der Waals surface area contributed by atoms with Crippen molar-refractivity contribution < 1.29 is 9.53 Å². The molecule has 0 amide bonds. The summed E-state index contributed by atoms with van der Waals surface area (Å²) in [5, 5.41) is 3.10. The Morgan fingerprint density at radius 3 is 2.75 bits per heavy atom. The lowest BCUT2D eigenvalue weighted by molar-refractivity contribution is -0.141. The average molecular weight is 278 g/mol. The molecule has 112 valence electrons. The molecule has 0 aromatic carbocycles. The zero-order chi connectivity index (χ0) is 14.5. The van der Waals surface area contributed by atoms with Crippen molar-refractivity contribution in [3.8, 4) is 0 Å². The fourth-order valence-corrected chi connectivity index (χ4v) is 2.03. The van der Waals surface area contributed by atoms with Crippen LogP contribution in [0.4, 0.5) is 0 Å². The summed E-state index contributed by atoms with van der Waals surface area (Å²) in [5.74, 6) is -0.164. The number of unbranched alkanes of at least 4 members (excludes halogenated alkanes) is 4. The lowest BCUT2D eigenvalue weighted by atomic mass is 10.1. The zero-order valence-corrected chi connectivity index (χ0v) is 12.4. The zero-order valence-electron chi connectivity index (χ0n) is 12.4. The maximum absolute atomic E-state index is 11.1. The summed E-state index contributed by atoms with van der Waals surface area (Å²) in [7, 11) is 0. The molecule has 4 nitrogen and oxygen atoms in total. The van der Waals surface area contributed by atoms with Crippen molar-refractivity contribution in [2.24, 2.45) is 0 Å². The van der Waals surface area contributed by atoms with Crippen LogP contribution in [0.25, 0.3) is 0 Å². The Kier molecular flexibility index (Phi) is 9.49. The van der Waals surface area contributed by atoms with E-state index in [1.54, 1.807) is 0 Å². The van der Waals surface area contributed by atoms with Gasteiger partial charge in [-0.2, -0.15) is 0 Å². The maximum atomic E-state index is 11.1. The van der Waals surface area contributed by atoms with Crippen LogP contribution in [0.2, 0.25) is 0 Å². The first-order chi connectivity index (χ1) is 9.83. The summed E-state index contributed by atoms with van der Waals surface area (Å²) in [6.45, 7) is 3.49. The number of aromatic nitrogens is 1. The second-order valence-electron chi connectivity index (χ2n) is 4.82. The standard InChI is InChI=1S/C16H26N2O2/c1-2-20-16(19)14-17-12-8-5-3-4-6-10-15-11-7-9-13-18-15/h7,9,11,13,17H,2-6,8,10,12,14H2,1H3. The minimum atomic E-state index is -0.164. The van der Waals surface area contributed by atoms with Gasteiger partial charge in [0.2, 0.25) is 0 Å². The van der Waals surface area contributed by atoms with Crippen LogP contribution in [0.5, 0.6) is 0 Å². The molecule has 0 bridgehead atoms. The molecular weight excluding hydrogens is 252 g/mol. The Balaban J connectivity index is 1.84. The van der Waals surface area contributed by atoms with Gasteiger partial charge in [0.05, 0.1) is 13.2 Å². The normalized spacial score (nSPS) is 10.4. The molecule has 0 fully saturated rings. The second-order valence-corrected chi connectivity index (χ2v) is 4.82. The fraction of sp³-hybridized carbons (Fsp3) is 0.625. The number of hydrogen-bond acceptors (Lipinski definition) is 4. The molecular formula is C16H26N2O2. The van der Waals surface area contributed by atoms with Crippen LogP contribution in [0.3, 0.4) is 0 Å². The van der Waals surface area contributed by atoms with Crippen molar-refractivity contribution in [3.05, 3.63) is 30.1 Å². The van der Waals surface area contributed by atoms with E-state index in [0.29, 0.717) is 13.2 Å². The van der Waals surface area contributed by atoms with Crippen LogP contribution in [-0.4, -0.2) is 30.6 Å². The summed E-state index contributed by atoms with van der Waals surface area (Å²) in [4.78, 5) is 15.4. The molecule has 0 saturated heterocycles. The molecule has 20 heavy (non-hydrogen) atoms. The number of nitrogens with zero attached hydrogens (tertiary/aromatic N) is 1. The first-order valence-corrected chi connectivity index (χ1v) is 7.59. The lowest BCUT2D eigenvalue weighted by Crippen LogP contribution is -2.25. The van der Waals surface area contributed by atoms with Gasteiger partial charge in [0.15, 0.2) is 0 Å². The Morgan fingerprint density at radius 2 is 2.00 bits per heavy atom. The van der Waals surface area contributed by atoms with E-state index in [9.17, 15) is 4.79 Å². The predicted molar refractivity (Wildman–Crippen MR) is 80.5 cm³/mol. The number of hydrogen-bond donors (Lipinski definition) is 1. The van der Waals surface area contributed by atoms with E-state index in [1.807, 2.05) is 25.3 Å². The van der Waals surface area contributed by atoms with Gasteiger partial charge < -0.3 is 10.1 Å². The third kappa shape index (κ3) is 8.64. The first kappa shape index (κ1) is 16.6. The van der Waals surface area contributed by atoms with E-state index in [1.165, 1.54) is 31.4 Å². The molecule has 0 aliphatic rings. The van der Waals surface area contributed by atoms with Gasteiger partial charge in [0.1, 0.15) is 0 Å². The molecule has 0 unspecified atom stereocenters. The summed E-state index contributed by atoms with van der Waals surface area (Å²) < 4.78 is 4.84. The van der Waals surface area contributed by atoms with Gasteiger partial charge in [0, 0.05) is 11.9 Å². The van der Waals surface area contributed by atoms with E-state index < -0.39 is 0 Å². The van der Waals surface area contributed by atoms with Gasteiger partial charge in [-0.3, -0.25) is 9.78 Å². The molecule has 4 heteroatoms. The van der Waals surface area contributed by atoms with Crippen LogP contribution in [0, 0.1) is 0 Å². The third-order valence-electron chi connectivity index (χ3n) is 3.09. The molecule has 0 aliphatic carbocycles. The topological polar surface area (TPSA) is 51.2 Å². The highest BCUT2D eigenvalue weighted by Gasteiger charge is 1.99. The first-order valence-electron chi connectivity index (χ1n) is 7.59. The molecule has 0 aliphatic heterocycles. The van der Waals surface area contributed by atoms with Crippen LogP contribution in [0.1, 0.15) is 44.7 Å². The van der Waals surface area contributed by atoms with Gasteiger partial charge >= 0.3 is 5.97 Å². The minimum Gasteiger partial charge on any atom is -0.465 e. The average Bonchev–Trinajstić information content (AvgIpc) is 2.47. The van der Waals surface area contributed by atoms with Crippen LogP contribution < -0.4 is 5.32 Å². The highest BCUT2D eigenvalue weighted by Crippen LogP contribution is 2.06. The Bertz CT molecular complexity index is 355. The van der Waals surface area contributed by atoms with Crippen molar-refractivity contribution in [3.63, 3.8) is 0 Å². The van der Waals surface area contributed by atoms with Crippen molar-refractivity contribution in [2.45, 2.75) is 45.4 Å². The molecule has 1 aromatic rings. The van der Waals surface area contributed by atoms with Gasteiger partial charge in [-0.1, -0.05) is 25.3 Å². The van der Waals surface area contributed by atoms with Crippen molar-refractivity contribution >= 4 is 5.97 Å². The quantitative estimate of drug-likeness (QED) is 0.499. The van der Waals surface area contributed by atoms with Crippen molar-refractivity contribution in [1.29, 1.82) is 0 Å². The Labute approximate surface area is 121 Å². The summed E-state index contributed by atoms with van der Waals surface area (Å²) in [5.41, 5.74) is 1.18. The highest BCUT2D eigenvalue weighted by molar-refractivity contribution is 5.71. The fourth-order valence-electron chi connectivity index (χ4n) is 2.03. The Morgan fingerprint density at radius 1 is 1.20 bits per heavy atom.